The van der Waals surface area contributed by atoms with Gasteiger partial charge in [-0.2, -0.15) is 5.26 Å². The van der Waals surface area contributed by atoms with Crippen LogP contribution in [0.3, 0.4) is 0 Å². The van der Waals surface area contributed by atoms with Gasteiger partial charge in [0.05, 0.1) is 45.7 Å². The van der Waals surface area contributed by atoms with Crippen LogP contribution in [0.1, 0.15) is 26.5 Å². The highest BCUT2D eigenvalue weighted by molar-refractivity contribution is 8.19. The fourth-order valence-electron chi connectivity index (χ4n) is 3.24. The molecule has 1 fully saturated rings. The topological polar surface area (TPSA) is 69.9 Å². The third-order valence-corrected chi connectivity index (χ3v) is 7.98. The Balaban J connectivity index is 1.90. The van der Waals surface area contributed by atoms with Crippen molar-refractivity contribution in [1.82, 2.24) is 0 Å². The maximum absolute atomic E-state index is 9.49. The predicted molar refractivity (Wildman–Crippen MR) is 116 cm³/mol. The van der Waals surface area contributed by atoms with Crippen LogP contribution in [-0.4, -0.2) is 41.3 Å². The van der Waals surface area contributed by atoms with Gasteiger partial charge in [0.2, 0.25) is 5.75 Å². The highest BCUT2D eigenvalue weighted by Gasteiger charge is 2.31. The molecular weight excluding hydrogens is 410 g/mol. The minimum Gasteiger partial charge on any atom is -0.493 e. The first-order valence-electron chi connectivity index (χ1n) is 8.83. The summed E-state index contributed by atoms with van der Waals surface area (Å²) in [6.45, 7) is 0. The summed E-state index contributed by atoms with van der Waals surface area (Å²) < 4.78 is 27.3. The van der Waals surface area contributed by atoms with Crippen molar-refractivity contribution in [2.75, 3.05) is 41.3 Å². The second kappa shape index (κ2) is 9.42. The van der Waals surface area contributed by atoms with Gasteiger partial charge in [-0.1, -0.05) is 0 Å². The molecule has 1 aliphatic rings. The summed E-state index contributed by atoms with van der Waals surface area (Å²) in [6, 6.07) is 10.0. The summed E-state index contributed by atoms with van der Waals surface area (Å²) in [7, 11) is 7.95. The number of hydrogen-bond donors (Lipinski definition) is 0. The molecule has 0 saturated carbocycles. The number of nitriles is 1. The van der Waals surface area contributed by atoms with Crippen molar-refractivity contribution in [1.29, 1.82) is 5.26 Å². The number of benzene rings is 2. The SMILES string of the molecule is COc1cc([C@@H]2SC[C@@H](c3cc(OC)c(OC)c(OC)c3)S2)cc(C#N)c1OC. The average Bonchev–Trinajstić information content (AvgIpc) is 3.27. The predicted octanol–water partition coefficient (Wildman–Crippen LogP) is 4.82. The van der Waals surface area contributed by atoms with E-state index in [1.165, 1.54) is 7.11 Å². The maximum atomic E-state index is 9.49. The first-order valence-corrected chi connectivity index (χ1v) is 10.8. The Labute approximate surface area is 179 Å². The van der Waals surface area contributed by atoms with Crippen molar-refractivity contribution in [3.05, 3.63) is 41.0 Å². The van der Waals surface area contributed by atoms with E-state index in [2.05, 4.69) is 6.07 Å². The van der Waals surface area contributed by atoms with Crippen LogP contribution < -0.4 is 23.7 Å². The zero-order valence-corrected chi connectivity index (χ0v) is 18.6. The molecule has 8 heteroatoms. The molecule has 0 amide bonds. The molecule has 0 aliphatic carbocycles. The lowest BCUT2D eigenvalue weighted by Crippen LogP contribution is -1.99. The summed E-state index contributed by atoms with van der Waals surface area (Å²) in [5.41, 5.74) is 2.61. The van der Waals surface area contributed by atoms with Gasteiger partial charge in [-0.3, -0.25) is 0 Å². The minimum atomic E-state index is 0.172. The number of rotatable bonds is 7. The van der Waals surface area contributed by atoms with E-state index in [-0.39, 0.29) is 9.83 Å². The molecule has 6 nitrogen and oxygen atoms in total. The van der Waals surface area contributed by atoms with Crippen LogP contribution in [0.2, 0.25) is 0 Å². The van der Waals surface area contributed by atoms with Gasteiger partial charge in [-0.25, -0.2) is 0 Å². The first-order chi connectivity index (χ1) is 14.1. The highest BCUT2D eigenvalue weighted by atomic mass is 32.2. The molecule has 1 saturated heterocycles. The van der Waals surface area contributed by atoms with Crippen LogP contribution in [0.4, 0.5) is 0 Å². The number of nitrogens with zero attached hydrogens (tertiary/aromatic N) is 1. The molecule has 154 valence electrons. The van der Waals surface area contributed by atoms with Crippen LogP contribution in [0.25, 0.3) is 0 Å². The van der Waals surface area contributed by atoms with Gasteiger partial charge in [0.1, 0.15) is 6.07 Å². The number of hydrogen-bond acceptors (Lipinski definition) is 8. The Morgan fingerprint density at radius 3 is 1.86 bits per heavy atom. The van der Waals surface area contributed by atoms with E-state index >= 15 is 0 Å². The summed E-state index contributed by atoms with van der Waals surface area (Å²) in [6.07, 6.45) is 0. The van der Waals surface area contributed by atoms with Crippen LogP contribution in [0.15, 0.2) is 24.3 Å². The maximum Gasteiger partial charge on any atom is 0.203 e. The van der Waals surface area contributed by atoms with Gasteiger partial charge in [0.25, 0.3) is 0 Å². The molecule has 2 aromatic rings. The molecule has 3 rings (SSSR count). The molecule has 2 atom stereocenters. The van der Waals surface area contributed by atoms with Gasteiger partial charge in [-0.05, 0) is 35.4 Å². The lowest BCUT2D eigenvalue weighted by atomic mass is 10.1. The molecule has 29 heavy (non-hydrogen) atoms. The van der Waals surface area contributed by atoms with E-state index in [0.29, 0.717) is 34.3 Å². The molecular formula is C21H23NO5S2. The lowest BCUT2D eigenvalue weighted by molar-refractivity contribution is 0.324. The zero-order valence-electron chi connectivity index (χ0n) is 17.0. The van der Waals surface area contributed by atoms with Crippen LogP contribution in [-0.2, 0) is 0 Å². The van der Waals surface area contributed by atoms with E-state index in [0.717, 1.165) is 16.9 Å². The largest absolute Gasteiger partial charge is 0.493 e. The van der Waals surface area contributed by atoms with Crippen molar-refractivity contribution < 1.29 is 23.7 Å². The second-order valence-electron chi connectivity index (χ2n) is 6.16. The summed E-state index contributed by atoms with van der Waals surface area (Å²) in [4.78, 5) is 0. The number of ether oxygens (including phenoxy) is 5. The minimum absolute atomic E-state index is 0.172. The van der Waals surface area contributed by atoms with E-state index in [9.17, 15) is 5.26 Å². The van der Waals surface area contributed by atoms with Crippen molar-refractivity contribution >= 4 is 23.5 Å². The Hall–Kier alpha value is -2.37. The molecule has 0 spiro atoms. The molecule has 0 radical (unpaired) electrons. The summed E-state index contributed by atoms with van der Waals surface area (Å²) in [5.74, 6) is 3.84. The van der Waals surface area contributed by atoms with Gasteiger partial charge < -0.3 is 23.7 Å². The third kappa shape index (κ3) is 4.16. The van der Waals surface area contributed by atoms with E-state index in [1.54, 1.807) is 28.4 Å². The van der Waals surface area contributed by atoms with E-state index < -0.39 is 0 Å². The number of methoxy groups -OCH3 is 5. The molecule has 2 aromatic carbocycles. The monoisotopic (exact) mass is 433 g/mol. The summed E-state index contributed by atoms with van der Waals surface area (Å²) >= 11 is 3.66. The molecule has 0 bridgehead atoms. The van der Waals surface area contributed by atoms with Crippen molar-refractivity contribution in [3.8, 4) is 34.8 Å². The van der Waals surface area contributed by atoms with Gasteiger partial charge in [0, 0.05) is 11.0 Å². The third-order valence-electron chi connectivity index (χ3n) is 4.64. The molecule has 0 N–H and O–H groups in total. The average molecular weight is 434 g/mol. The summed E-state index contributed by atoms with van der Waals surface area (Å²) in [5, 5.41) is 9.74. The van der Waals surface area contributed by atoms with E-state index in [1.807, 2.05) is 47.8 Å². The standard InChI is InChI=1S/C21H23NO5S2/c1-23-15-9-13(6-14(10-22)19(15)26-4)21-28-11-18(29-21)12-7-16(24-2)20(27-5)17(8-12)25-3/h6-9,18,21H,11H2,1-5H3/t18-,21+/m0/s1. The van der Waals surface area contributed by atoms with Gasteiger partial charge in [-0.15, -0.1) is 23.5 Å². The Morgan fingerprint density at radius 2 is 1.34 bits per heavy atom. The van der Waals surface area contributed by atoms with Crippen LogP contribution in [0.5, 0.6) is 28.7 Å². The molecule has 0 aromatic heterocycles. The van der Waals surface area contributed by atoms with Gasteiger partial charge >= 0.3 is 0 Å². The highest BCUT2D eigenvalue weighted by Crippen LogP contribution is 2.57. The van der Waals surface area contributed by atoms with Gasteiger partial charge in [0.15, 0.2) is 23.0 Å². The normalized spacial score (nSPS) is 18.1. The fraction of sp³-hybridized carbons (Fsp3) is 0.381. The zero-order chi connectivity index (χ0) is 21.0. The van der Waals surface area contributed by atoms with Crippen LogP contribution in [0, 0.1) is 11.3 Å². The Bertz CT molecular complexity index is 903. The first kappa shape index (κ1) is 21.3. The quantitative estimate of drug-likeness (QED) is 0.615. The van der Waals surface area contributed by atoms with Crippen molar-refractivity contribution in [3.63, 3.8) is 0 Å². The fourth-order valence-corrected chi connectivity index (χ4v) is 6.50. The van der Waals surface area contributed by atoms with E-state index in [4.69, 9.17) is 23.7 Å². The Morgan fingerprint density at radius 1 is 0.793 bits per heavy atom. The smallest absolute Gasteiger partial charge is 0.203 e. The van der Waals surface area contributed by atoms with Crippen molar-refractivity contribution in [2.45, 2.75) is 9.83 Å². The second-order valence-corrected chi connectivity index (χ2v) is 8.91. The molecule has 0 unspecified atom stereocenters. The Kier molecular flexibility index (Phi) is 6.93. The lowest BCUT2D eigenvalue weighted by Gasteiger charge is -2.17. The number of thioether (sulfide) groups is 2. The molecule has 1 aliphatic heterocycles. The van der Waals surface area contributed by atoms with Crippen molar-refractivity contribution in [2.24, 2.45) is 0 Å². The van der Waals surface area contributed by atoms with Crippen LogP contribution >= 0.6 is 23.5 Å². The molecule has 1 heterocycles.